The number of hydrogen-bond donors (Lipinski definition) is 4. The van der Waals surface area contributed by atoms with Crippen LogP contribution in [0.15, 0.2) is 58.3 Å². The molecule has 0 aliphatic heterocycles. The minimum atomic E-state index is -4.75. The second-order valence-corrected chi connectivity index (χ2v) is 11.6. The van der Waals surface area contributed by atoms with E-state index in [9.17, 15) is 25.3 Å². The van der Waals surface area contributed by atoms with Gasteiger partial charge in [-0.3, -0.25) is 9.11 Å². The molecule has 0 aliphatic carbocycles. The number of anilines is 4. The molecule has 2 aromatic carbocycles. The summed E-state index contributed by atoms with van der Waals surface area (Å²) in [6, 6.07) is 10.4. The number of benzene rings is 2. The molecule has 0 saturated carbocycles. The van der Waals surface area contributed by atoms with Crippen LogP contribution in [0.1, 0.15) is 0 Å². The van der Waals surface area contributed by atoms with Crippen LogP contribution in [0.5, 0.6) is 0 Å². The summed E-state index contributed by atoms with van der Waals surface area (Å²) in [5.41, 5.74) is 0.766. The van der Waals surface area contributed by atoms with Gasteiger partial charge in [-0.1, -0.05) is 0 Å². The van der Waals surface area contributed by atoms with Gasteiger partial charge in [-0.2, -0.15) is 31.8 Å². The van der Waals surface area contributed by atoms with Gasteiger partial charge in [0, 0.05) is 11.4 Å². The van der Waals surface area contributed by atoms with Gasteiger partial charge in [0.15, 0.2) is 9.84 Å². The molecular weight excluding hydrogens is 550 g/mol. The molecule has 0 fully saturated rings. The lowest BCUT2D eigenvalue weighted by Gasteiger charge is -2.10. The van der Waals surface area contributed by atoms with Crippen LogP contribution in [0, 0.1) is 0 Å². The maximum Gasteiger partial charge on any atom is 0.397 e. The fourth-order valence-electron chi connectivity index (χ4n) is 2.54. The zero-order valence-electron chi connectivity index (χ0n) is 17.2. The van der Waals surface area contributed by atoms with E-state index in [4.69, 9.17) is 20.7 Å². The fourth-order valence-corrected chi connectivity index (χ4v) is 4.67. The van der Waals surface area contributed by atoms with E-state index in [-0.39, 0.29) is 27.0 Å². The van der Waals surface area contributed by atoms with Gasteiger partial charge in [-0.05, 0) is 60.1 Å². The van der Waals surface area contributed by atoms with Crippen molar-refractivity contribution in [3.8, 4) is 0 Å². The van der Waals surface area contributed by atoms with Gasteiger partial charge in [0.1, 0.15) is 0 Å². The molecule has 1 heterocycles. The Hall–Kier alpha value is -2.93. The average molecular weight is 566 g/mol. The van der Waals surface area contributed by atoms with E-state index in [1.807, 2.05) is 0 Å². The highest BCUT2D eigenvalue weighted by Gasteiger charge is 2.17. The summed E-state index contributed by atoms with van der Waals surface area (Å²) in [4.78, 5) is 11.5. The first-order valence-corrected chi connectivity index (χ1v) is 14.0. The van der Waals surface area contributed by atoms with Crippen LogP contribution in [0.2, 0.25) is 5.28 Å². The topological polar surface area (TPSA) is 215 Å². The second-order valence-electron chi connectivity index (χ2n) is 6.59. The van der Waals surface area contributed by atoms with Crippen LogP contribution >= 0.6 is 11.6 Å². The van der Waals surface area contributed by atoms with Crippen LogP contribution < -0.4 is 10.6 Å². The summed E-state index contributed by atoms with van der Waals surface area (Å²) >= 11 is 5.93. The van der Waals surface area contributed by atoms with Crippen molar-refractivity contribution >= 4 is 65.2 Å². The zero-order chi connectivity index (χ0) is 25.9. The van der Waals surface area contributed by atoms with Crippen molar-refractivity contribution in [2.75, 3.05) is 23.0 Å². The number of sulfone groups is 1. The highest BCUT2D eigenvalue weighted by atomic mass is 35.5. The third-order valence-electron chi connectivity index (χ3n) is 4.07. The maximum absolute atomic E-state index is 12.2. The average Bonchev–Trinajstić information content (AvgIpc) is 2.72. The SMILES string of the molecule is O=S(=O)(O)OCCS(=O)(=O)c1ccc(Nc2nc(Cl)nc(Nc3ccc(S(=O)(=O)O)cc3)n2)cc1. The summed E-state index contributed by atoms with van der Waals surface area (Å²) in [5, 5.41) is 5.42. The van der Waals surface area contributed by atoms with Crippen LogP contribution in [-0.2, 0) is 34.5 Å². The monoisotopic (exact) mass is 565 g/mol. The molecule has 4 N–H and O–H groups in total. The molecule has 0 bridgehead atoms. The van der Waals surface area contributed by atoms with Crippen LogP contribution in [0.4, 0.5) is 23.3 Å². The van der Waals surface area contributed by atoms with Crippen LogP contribution in [0.25, 0.3) is 0 Å². The zero-order valence-corrected chi connectivity index (χ0v) is 20.4. The Labute approximate surface area is 205 Å². The summed E-state index contributed by atoms with van der Waals surface area (Å²) < 4.78 is 89.4. The molecule has 35 heavy (non-hydrogen) atoms. The Bertz CT molecular complexity index is 1530. The minimum Gasteiger partial charge on any atom is -0.324 e. The van der Waals surface area contributed by atoms with Crippen molar-refractivity contribution in [2.45, 2.75) is 9.79 Å². The Morgan fingerprint density at radius 2 is 1.20 bits per heavy atom. The van der Waals surface area contributed by atoms with Crippen LogP contribution in [-0.4, -0.2) is 61.7 Å². The fraction of sp³-hybridized carbons (Fsp3) is 0.118. The highest BCUT2D eigenvalue weighted by Crippen LogP contribution is 2.21. The predicted octanol–water partition coefficient (Wildman–Crippen LogP) is 1.85. The van der Waals surface area contributed by atoms with Crippen LogP contribution in [0.3, 0.4) is 0 Å². The van der Waals surface area contributed by atoms with Gasteiger partial charge in [-0.15, -0.1) is 0 Å². The van der Waals surface area contributed by atoms with Crippen molar-refractivity contribution in [3.05, 3.63) is 53.8 Å². The molecule has 0 spiro atoms. The van der Waals surface area contributed by atoms with E-state index < -0.39 is 42.7 Å². The smallest absolute Gasteiger partial charge is 0.324 e. The molecule has 0 aliphatic rings. The van der Waals surface area contributed by atoms with Crippen molar-refractivity contribution in [2.24, 2.45) is 0 Å². The standard InChI is InChI=1S/C17H16ClN5O9S3/c18-15-21-16(23-17(22-15)20-12-3-7-14(8-4-12)34(26,27)28)19-11-1-5-13(6-2-11)33(24,25)10-9-32-35(29,30)31/h1-8H,9-10H2,(H,26,27,28)(H,29,30,31)(H2,19,20,21,22,23). The van der Waals surface area contributed by atoms with Gasteiger partial charge >= 0.3 is 10.4 Å². The molecule has 0 unspecified atom stereocenters. The second kappa shape index (κ2) is 10.4. The van der Waals surface area contributed by atoms with Gasteiger partial charge in [0.2, 0.25) is 17.2 Å². The number of rotatable bonds is 10. The normalized spacial score (nSPS) is 12.3. The number of hydrogen-bond acceptors (Lipinski definition) is 12. The lowest BCUT2D eigenvalue weighted by atomic mass is 10.3. The summed E-state index contributed by atoms with van der Waals surface area (Å²) in [7, 11) is -13.0. The summed E-state index contributed by atoms with van der Waals surface area (Å²) in [5.74, 6) is -0.674. The molecule has 0 radical (unpaired) electrons. The van der Waals surface area contributed by atoms with E-state index in [0.717, 1.165) is 0 Å². The first-order chi connectivity index (χ1) is 16.2. The van der Waals surface area contributed by atoms with Crippen molar-refractivity contribution < 1.29 is 38.5 Å². The molecule has 14 nitrogen and oxygen atoms in total. The van der Waals surface area contributed by atoms with Crippen molar-refractivity contribution in [3.63, 3.8) is 0 Å². The Morgan fingerprint density at radius 1 is 0.743 bits per heavy atom. The predicted molar refractivity (Wildman–Crippen MR) is 124 cm³/mol. The Morgan fingerprint density at radius 3 is 1.63 bits per heavy atom. The Kier molecular flexibility index (Phi) is 7.90. The number of halogens is 1. The molecule has 1 aromatic heterocycles. The molecule has 3 rings (SSSR count). The van der Waals surface area contributed by atoms with E-state index in [0.29, 0.717) is 11.4 Å². The minimum absolute atomic E-state index is 0.000726. The first-order valence-electron chi connectivity index (χ1n) is 9.19. The highest BCUT2D eigenvalue weighted by molar-refractivity contribution is 7.91. The van der Waals surface area contributed by atoms with E-state index >= 15 is 0 Å². The molecule has 188 valence electrons. The van der Waals surface area contributed by atoms with E-state index in [1.165, 1.54) is 48.5 Å². The number of nitrogens with one attached hydrogen (secondary N) is 2. The lowest BCUT2D eigenvalue weighted by molar-refractivity contribution is 0.284. The number of nitrogens with zero attached hydrogens (tertiary/aromatic N) is 3. The third kappa shape index (κ3) is 8.06. The third-order valence-corrected chi connectivity index (χ3v) is 7.27. The molecule has 0 amide bonds. The van der Waals surface area contributed by atoms with Crippen molar-refractivity contribution in [1.82, 2.24) is 15.0 Å². The van der Waals surface area contributed by atoms with Gasteiger partial charge in [0.25, 0.3) is 10.1 Å². The summed E-state index contributed by atoms with van der Waals surface area (Å²) in [6.07, 6.45) is 0. The number of aromatic nitrogens is 3. The first kappa shape index (κ1) is 26.7. The quantitative estimate of drug-likeness (QED) is 0.258. The Balaban J connectivity index is 1.70. The van der Waals surface area contributed by atoms with Gasteiger partial charge in [-0.25, -0.2) is 12.6 Å². The maximum atomic E-state index is 12.2. The molecule has 0 saturated heterocycles. The van der Waals surface area contributed by atoms with E-state index in [1.54, 1.807) is 0 Å². The lowest BCUT2D eigenvalue weighted by Crippen LogP contribution is -2.15. The van der Waals surface area contributed by atoms with Gasteiger partial charge in [0.05, 0.1) is 22.2 Å². The van der Waals surface area contributed by atoms with Gasteiger partial charge < -0.3 is 10.6 Å². The van der Waals surface area contributed by atoms with E-state index in [2.05, 4.69) is 29.8 Å². The molecule has 0 atom stereocenters. The molecular formula is C17H16ClN5O9S3. The molecule has 3 aromatic rings. The van der Waals surface area contributed by atoms with Crippen molar-refractivity contribution in [1.29, 1.82) is 0 Å². The summed E-state index contributed by atoms with van der Waals surface area (Å²) in [6.45, 7) is -0.751. The largest absolute Gasteiger partial charge is 0.397 e. The molecule has 18 heteroatoms.